The standard InChI is InChI=1S/C25H23FN4O2/c26-21-7-3-4-8-22(21)30-23(27-28-25(30)32)15-17-11-13-29(14-12-17)24(31)20-10-9-18-5-1-2-6-19(18)16-20/h1-10,16-17H,11-15H2,(H,28,32). The molecule has 0 unspecified atom stereocenters. The van der Waals surface area contributed by atoms with E-state index in [9.17, 15) is 14.0 Å². The van der Waals surface area contributed by atoms with Crippen molar-refractivity contribution in [2.45, 2.75) is 19.3 Å². The fourth-order valence-corrected chi connectivity index (χ4v) is 4.45. The molecule has 1 aliphatic heterocycles. The molecule has 7 heteroatoms. The zero-order chi connectivity index (χ0) is 22.1. The van der Waals surface area contributed by atoms with Crippen LogP contribution in [0.2, 0.25) is 0 Å². The number of rotatable bonds is 4. The summed E-state index contributed by atoms with van der Waals surface area (Å²) in [4.78, 5) is 27.1. The number of aromatic nitrogens is 3. The maximum absolute atomic E-state index is 14.2. The molecule has 6 nitrogen and oxygen atoms in total. The van der Waals surface area contributed by atoms with E-state index < -0.39 is 11.5 Å². The van der Waals surface area contributed by atoms with E-state index >= 15 is 0 Å². The predicted molar refractivity (Wildman–Crippen MR) is 120 cm³/mol. The van der Waals surface area contributed by atoms with E-state index in [1.54, 1.807) is 18.2 Å². The molecule has 0 bridgehead atoms. The van der Waals surface area contributed by atoms with E-state index in [-0.39, 0.29) is 17.5 Å². The van der Waals surface area contributed by atoms with E-state index in [2.05, 4.69) is 10.2 Å². The Labute approximate surface area is 184 Å². The minimum atomic E-state index is -0.465. The maximum Gasteiger partial charge on any atom is 0.348 e. The minimum absolute atomic E-state index is 0.0391. The number of fused-ring (bicyclic) bond motifs is 1. The number of hydrogen-bond acceptors (Lipinski definition) is 3. The first-order chi connectivity index (χ1) is 15.6. The van der Waals surface area contributed by atoms with Gasteiger partial charge in [-0.05, 0) is 53.8 Å². The van der Waals surface area contributed by atoms with Crippen LogP contribution in [0, 0.1) is 11.7 Å². The molecule has 32 heavy (non-hydrogen) atoms. The van der Waals surface area contributed by atoms with Crippen LogP contribution in [0.15, 0.2) is 71.5 Å². The molecule has 3 aromatic carbocycles. The van der Waals surface area contributed by atoms with Crippen LogP contribution in [0.25, 0.3) is 16.5 Å². The van der Waals surface area contributed by atoms with Crippen molar-refractivity contribution in [1.82, 2.24) is 19.7 Å². The van der Waals surface area contributed by atoms with Crippen molar-refractivity contribution in [3.05, 3.63) is 94.4 Å². The van der Waals surface area contributed by atoms with Gasteiger partial charge < -0.3 is 4.90 Å². The number of nitrogens with one attached hydrogen (secondary N) is 1. The number of piperidine rings is 1. The number of carbonyl (C=O) groups excluding carboxylic acids is 1. The summed E-state index contributed by atoms with van der Waals surface area (Å²) in [6, 6.07) is 20.0. The van der Waals surface area contributed by atoms with E-state index in [1.165, 1.54) is 10.6 Å². The van der Waals surface area contributed by atoms with Crippen molar-refractivity contribution in [3.63, 3.8) is 0 Å². The molecule has 1 fully saturated rings. The van der Waals surface area contributed by atoms with Gasteiger partial charge in [0.25, 0.3) is 5.91 Å². The lowest BCUT2D eigenvalue weighted by molar-refractivity contribution is 0.0690. The van der Waals surface area contributed by atoms with Crippen molar-refractivity contribution >= 4 is 16.7 Å². The van der Waals surface area contributed by atoms with Crippen LogP contribution in [0.1, 0.15) is 29.0 Å². The van der Waals surface area contributed by atoms with Crippen molar-refractivity contribution in [2.24, 2.45) is 5.92 Å². The van der Waals surface area contributed by atoms with Crippen LogP contribution in [0.5, 0.6) is 0 Å². The average molecular weight is 430 g/mol. The Morgan fingerprint density at radius 2 is 1.72 bits per heavy atom. The van der Waals surface area contributed by atoms with Gasteiger partial charge in [-0.2, -0.15) is 5.10 Å². The van der Waals surface area contributed by atoms with Crippen molar-refractivity contribution < 1.29 is 9.18 Å². The van der Waals surface area contributed by atoms with Gasteiger partial charge in [0, 0.05) is 25.1 Å². The van der Waals surface area contributed by atoms with Crippen LogP contribution in [0.4, 0.5) is 4.39 Å². The molecular formula is C25H23FN4O2. The van der Waals surface area contributed by atoms with Gasteiger partial charge in [-0.3, -0.25) is 4.79 Å². The normalized spacial score (nSPS) is 14.7. The summed E-state index contributed by atoms with van der Waals surface area (Å²) in [5.41, 5.74) is 0.446. The lowest BCUT2D eigenvalue weighted by Crippen LogP contribution is -2.39. The molecular weight excluding hydrogens is 407 g/mol. The molecule has 2 heterocycles. The SMILES string of the molecule is O=C(c1ccc2ccccc2c1)N1CCC(Cc2n[nH]c(=O)n2-c2ccccc2F)CC1. The summed E-state index contributed by atoms with van der Waals surface area (Å²) in [5, 5.41) is 8.75. The Kier molecular flexibility index (Phi) is 5.31. The highest BCUT2D eigenvalue weighted by Gasteiger charge is 2.26. The molecule has 0 spiro atoms. The smallest absolute Gasteiger partial charge is 0.339 e. The zero-order valence-corrected chi connectivity index (χ0v) is 17.5. The van der Waals surface area contributed by atoms with E-state index in [4.69, 9.17) is 0 Å². The number of aromatic amines is 1. The lowest BCUT2D eigenvalue weighted by Gasteiger charge is -2.32. The Morgan fingerprint density at radius 3 is 2.50 bits per heavy atom. The number of hydrogen-bond donors (Lipinski definition) is 1. The largest absolute Gasteiger partial charge is 0.348 e. The molecule has 0 aliphatic carbocycles. The number of para-hydroxylation sites is 1. The third kappa shape index (κ3) is 3.82. The van der Waals surface area contributed by atoms with Gasteiger partial charge in [-0.25, -0.2) is 18.9 Å². The zero-order valence-electron chi connectivity index (χ0n) is 17.5. The highest BCUT2D eigenvalue weighted by Crippen LogP contribution is 2.24. The topological polar surface area (TPSA) is 71.0 Å². The Balaban J connectivity index is 1.27. The fourth-order valence-electron chi connectivity index (χ4n) is 4.45. The fraction of sp³-hybridized carbons (Fsp3) is 0.240. The molecule has 1 aliphatic rings. The second kappa shape index (κ2) is 8.42. The number of carbonyl (C=O) groups is 1. The van der Waals surface area contributed by atoms with Gasteiger partial charge in [-0.15, -0.1) is 0 Å². The molecule has 5 rings (SSSR count). The highest BCUT2D eigenvalue weighted by atomic mass is 19.1. The summed E-state index contributed by atoms with van der Waals surface area (Å²) in [5.74, 6) is 0.348. The third-order valence-corrected chi connectivity index (χ3v) is 6.20. The quantitative estimate of drug-likeness (QED) is 0.533. The van der Waals surface area contributed by atoms with Crippen molar-refractivity contribution in [3.8, 4) is 5.69 Å². The second-order valence-electron chi connectivity index (χ2n) is 8.23. The van der Waals surface area contributed by atoms with E-state index in [0.29, 0.717) is 30.9 Å². The van der Waals surface area contributed by atoms with Crippen LogP contribution in [-0.2, 0) is 6.42 Å². The molecule has 1 N–H and O–H groups in total. The van der Waals surface area contributed by atoms with E-state index in [1.807, 2.05) is 47.4 Å². The molecule has 1 amide bonds. The van der Waals surface area contributed by atoms with Crippen LogP contribution in [0.3, 0.4) is 0 Å². The van der Waals surface area contributed by atoms with Gasteiger partial charge in [0.05, 0.1) is 5.69 Å². The summed E-state index contributed by atoms with van der Waals surface area (Å²) in [6.07, 6.45) is 2.15. The Morgan fingerprint density at radius 1 is 1.00 bits per heavy atom. The van der Waals surface area contributed by atoms with Crippen LogP contribution >= 0.6 is 0 Å². The van der Waals surface area contributed by atoms with Gasteiger partial charge in [-0.1, -0.05) is 42.5 Å². The highest BCUT2D eigenvalue weighted by molar-refractivity contribution is 5.98. The third-order valence-electron chi connectivity index (χ3n) is 6.20. The number of nitrogens with zero attached hydrogens (tertiary/aromatic N) is 3. The summed E-state index contributed by atoms with van der Waals surface area (Å²) >= 11 is 0. The molecule has 4 aromatic rings. The lowest BCUT2D eigenvalue weighted by atomic mass is 9.92. The predicted octanol–water partition coefficient (Wildman–Crippen LogP) is 3.95. The minimum Gasteiger partial charge on any atom is -0.339 e. The second-order valence-corrected chi connectivity index (χ2v) is 8.23. The Hall–Kier alpha value is -3.74. The number of halogens is 1. The monoisotopic (exact) mass is 430 g/mol. The van der Waals surface area contributed by atoms with E-state index in [0.717, 1.165) is 23.6 Å². The van der Waals surface area contributed by atoms with Crippen LogP contribution < -0.4 is 5.69 Å². The summed E-state index contributed by atoms with van der Waals surface area (Å²) in [6.45, 7) is 1.29. The summed E-state index contributed by atoms with van der Waals surface area (Å²) in [7, 11) is 0. The van der Waals surface area contributed by atoms with Gasteiger partial charge in [0.15, 0.2) is 0 Å². The summed E-state index contributed by atoms with van der Waals surface area (Å²) < 4.78 is 15.6. The molecule has 0 radical (unpaired) electrons. The van der Waals surface area contributed by atoms with Crippen molar-refractivity contribution in [1.29, 1.82) is 0 Å². The first-order valence-corrected chi connectivity index (χ1v) is 10.8. The van der Waals surface area contributed by atoms with Gasteiger partial charge in [0.2, 0.25) is 0 Å². The molecule has 1 saturated heterocycles. The van der Waals surface area contributed by atoms with Crippen LogP contribution in [-0.4, -0.2) is 38.7 Å². The van der Waals surface area contributed by atoms with Gasteiger partial charge >= 0.3 is 5.69 Å². The number of benzene rings is 3. The Bertz CT molecular complexity index is 1340. The molecule has 0 atom stereocenters. The molecule has 162 valence electrons. The first-order valence-electron chi connectivity index (χ1n) is 10.8. The first kappa shape index (κ1) is 20.2. The number of amides is 1. The average Bonchev–Trinajstić information content (AvgIpc) is 3.18. The number of H-pyrrole nitrogens is 1. The number of likely N-dealkylation sites (tertiary alicyclic amines) is 1. The molecule has 0 saturated carbocycles. The van der Waals surface area contributed by atoms with Gasteiger partial charge in [0.1, 0.15) is 11.6 Å². The van der Waals surface area contributed by atoms with Crippen molar-refractivity contribution in [2.75, 3.05) is 13.1 Å². The maximum atomic E-state index is 14.2. The molecule has 1 aromatic heterocycles.